The molecule has 0 amide bonds. The topological polar surface area (TPSA) is 55.4 Å². The van der Waals surface area contributed by atoms with E-state index in [4.69, 9.17) is 4.74 Å². The molecule has 0 saturated heterocycles. The summed E-state index contributed by atoms with van der Waals surface area (Å²) in [7, 11) is -1.45. The predicted molar refractivity (Wildman–Crippen MR) is 73.6 cm³/mol. The third-order valence-electron chi connectivity index (χ3n) is 2.69. The fraction of sp³-hybridized carbons (Fsp3) is 0.538. The minimum absolute atomic E-state index is 0.378. The summed E-state index contributed by atoms with van der Waals surface area (Å²) in [6.07, 6.45) is 1.84. The van der Waals surface area contributed by atoms with Crippen LogP contribution in [0.3, 0.4) is 0 Å². The van der Waals surface area contributed by atoms with E-state index in [2.05, 4.69) is 24.6 Å². The molecule has 0 fully saturated rings. The third-order valence-corrected chi connectivity index (χ3v) is 3.42. The summed E-state index contributed by atoms with van der Waals surface area (Å²) < 4.78 is 29.7. The molecule has 0 spiro atoms. The summed E-state index contributed by atoms with van der Waals surface area (Å²) >= 11 is 0. The van der Waals surface area contributed by atoms with Crippen molar-refractivity contribution in [2.75, 3.05) is 19.9 Å². The molecule has 5 heteroatoms. The summed E-state index contributed by atoms with van der Waals surface area (Å²) in [5.41, 5.74) is 2.25. The maximum Gasteiger partial charge on any atom is 0.208 e. The Bertz CT molecular complexity index is 495. The van der Waals surface area contributed by atoms with Crippen LogP contribution < -0.4 is 9.46 Å². The monoisotopic (exact) mass is 271 g/mol. The Morgan fingerprint density at radius 1 is 1.33 bits per heavy atom. The summed E-state index contributed by atoms with van der Waals surface area (Å²) in [4.78, 5) is 0. The van der Waals surface area contributed by atoms with Gasteiger partial charge in [0.2, 0.25) is 10.0 Å². The molecule has 1 N–H and O–H groups in total. The molecule has 1 aromatic rings. The van der Waals surface area contributed by atoms with Gasteiger partial charge in [-0.1, -0.05) is 26.0 Å². The fourth-order valence-corrected chi connectivity index (χ4v) is 2.24. The van der Waals surface area contributed by atoms with Gasteiger partial charge in [-0.2, -0.15) is 0 Å². The number of hydrogen-bond acceptors (Lipinski definition) is 3. The van der Waals surface area contributed by atoms with E-state index in [1.54, 1.807) is 7.11 Å². The molecule has 0 radical (unpaired) electrons. The van der Waals surface area contributed by atoms with Crippen molar-refractivity contribution in [2.24, 2.45) is 0 Å². The molecule has 0 atom stereocenters. The molecular formula is C13H21NO3S. The van der Waals surface area contributed by atoms with Gasteiger partial charge in [-0.05, 0) is 29.5 Å². The Balaban J connectivity index is 2.76. The zero-order valence-electron chi connectivity index (χ0n) is 11.4. The second-order valence-corrected chi connectivity index (χ2v) is 6.48. The number of rotatable bonds is 6. The second kappa shape index (κ2) is 6.20. The molecule has 18 heavy (non-hydrogen) atoms. The molecule has 0 aliphatic rings. The predicted octanol–water partition coefficient (Wildman–Crippen LogP) is 1.91. The normalized spacial score (nSPS) is 11.8. The van der Waals surface area contributed by atoms with Crippen LogP contribution in [0.15, 0.2) is 18.2 Å². The van der Waals surface area contributed by atoms with Crippen LogP contribution in [0.25, 0.3) is 0 Å². The minimum Gasteiger partial charge on any atom is -0.496 e. The number of methoxy groups -OCH3 is 1. The van der Waals surface area contributed by atoms with E-state index in [9.17, 15) is 8.42 Å². The van der Waals surface area contributed by atoms with Crippen molar-refractivity contribution in [3.05, 3.63) is 29.3 Å². The summed E-state index contributed by atoms with van der Waals surface area (Å²) in [6, 6.07) is 5.98. The first-order valence-corrected chi connectivity index (χ1v) is 7.84. The van der Waals surface area contributed by atoms with E-state index in [-0.39, 0.29) is 0 Å². The lowest BCUT2D eigenvalue weighted by Crippen LogP contribution is -2.24. The van der Waals surface area contributed by atoms with Gasteiger partial charge in [-0.3, -0.25) is 0 Å². The molecule has 1 aromatic carbocycles. The van der Waals surface area contributed by atoms with Gasteiger partial charge < -0.3 is 4.74 Å². The smallest absolute Gasteiger partial charge is 0.208 e. The summed E-state index contributed by atoms with van der Waals surface area (Å²) in [6.45, 7) is 4.63. The van der Waals surface area contributed by atoms with Gasteiger partial charge in [-0.25, -0.2) is 13.1 Å². The second-order valence-electron chi connectivity index (χ2n) is 4.65. The first kappa shape index (κ1) is 15.0. The van der Waals surface area contributed by atoms with Crippen LogP contribution in [-0.2, 0) is 16.4 Å². The molecule has 102 valence electrons. The highest BCUT2D eigenvalue weighted by Crippen LogP contribution is 2.27. The Hall–Kier alpha value is -1.07. The highest BCUT2D eigenvalue weighted by molar-refractivity contribution is 7.88. The lowest BCUT2D eigenvalue weighted by Gasteiger charge is -2.13. The number of ether oxygens (including phenoxy) is 1. The van der Waals surface area contributed by atoms with E-state index in [0.717, 1.165) is 16.9 Å². The van der Waals surface area contributed by atoms with E-state index >= 15 is 0 Å². The highest BCUT2D eigenvalue weighted by Gasteiger charge is 2.08. The van der Waals surface area contributed by atoms with E-state index in [1.165, 1.54) is 6.26 Å². The summed E-state index contributed by atoms with van der Waals surface area (Å²) in [5, 5.41) is 0. The van der Waals surface area contributed by atoms with Crippen LogP contribution in [0.5, 0.6) is 5.75 Å². The number of hydrogen-bond donors (Lipinski definition) is 1. The maximum atomic E-state index is 11.0. The van der Waals surface area contributed by atoms with Crippen molar-refractivity contribution in [1.29, 1.82) is 0 Å². The van der Waals surface area contributed by atoms with E-state index in [1.807, 2.05) is 12.1 Å². The standard InChI is InChI=1S/C13H21NO3S/c1-10(2)12-9-11(5-6-13(12)17-3)7-8-14-18(4,15)16/h5-6,9-10,14H,7-8H2,1-4H3. The Labute approximate surface area is 109 Å². The zero-order chi connectivity index (χ0) is 13.8. The van der Waals surface area contributed by atoms with Crippen LogP contribution >= 0.6 is 0 Å². The third kappa shape index (κ3) is 4.66. The minimum atomic E-state index is -3.11. The van der Waals surface area contributed by atoms with Crippen LogP contribution in [0.1, 0.15) is 30.9 Å². The first-order chi connectivity index (χ1) is 8.33. The fourth-order valence-electron chi connectivity index (χ4n) is 1.77. The quantitative estimate of drug-likeness (QED) is 0.860. The number of benzene rings is 1. The van der Waals surface area contributed by atoms with Crippen molar-refractivity contribution in [3.8, 4) is 5.75 Å². The molecule has 0 saturated carbocycles. The molecule has 0 aliphatic carbocycles. The lowest BCUT2D eigenvalue weighted by molar-refractivity contribution is 0.407. The zero-order valence-corrected chi connectivity index (χ0v) is 12.2. The molecule has 1 rings (SSSR count). The van der Waals surface area contributed by atoms with Crippen LogP contribution in [0.4, 0.5) is 0 Å². The van der Waals surface area contributed by atoms with E-state index < -0.39 is 10.0 Å². The average Bonchev–Trinajstić information content (AvgIpc) is 2.27. The molecule has 4 nitrogen and oxygen atoms in total. The molecule has 0 aliphatic heterocycles. The first-order valence-electron chi connectivity index (χ1n) is 5.95. The van der Waals surface area contributed by atoms with Crippen LogP contribution in [0, 0.1) is 0 Å². The highest BCUT2D eigenvalue weighted by atomic mass is 32.2. The number of sulfonamides is 1. The van der Waals surface area contributed by atoms with Crippen LogP contribution in [-0.4, -0.2) is 28.3 Å². The van der Waals surface area contributed by atoms with Gasteiger partial charge in [0, 0.05) is 6.54 Å². The molecule has 0 bridgehead atoms. The van der Waals surface area contributed by atoms with Crippen molar-refractivity contribution in [3.63, 3.8) is 0 Å². The Morgan fingerprint density at radius 2 is 2.00 bits per heavy atom. The van der Waals surface area contributed by atoms with Crippen molar-refractivity contribution in [2.45, 2.75) is 26.2 Å². The largest absolute Gasteiger partial charge is 0.496 e. The van der Waals surface area contributed by atoms with Gasteiger partial charge in [0.25, 0.3) is 0 Å². The SMILES string of the molecule is COc1ccc(CCNS(C)(=O)=O)cc1C(C)C. The van der Waals surface area contributed by atoms with Crippen molar-refractivity contribution < 1.29 is 13.2 Å². The molecular weight excluding hydrogens is 250 g/mol. The lowest BCUT2D eigenvalue weighted by atomic mass is 9.98. The van der Waals surface area contributed by atoms with Gasteiger partial charge in [0.15, 0.2) is 0 Å². The molecule has 0 heterocycles. The summed E-state index contributed by atoms with van der Waals surface area (Å²) in [5.74, 6) is 1.26. The van der Waals surface area contributed by atoms with Crippen LogP contribution in [0.2, 0.25) is 0 Å². The number of nitrogens with one attached hydrogen (secondary N) is 1. The molecule has 0 unspecified atom stereocenters. The van der Waals surface area contributed by atoms with Crippen molar-refractivity contribution in [1.82, 2.24) is 4.72 Å². The van der Waals surface area contributed by atoms with Gasteiger partial charge in [0.05, 0.1) is 13.4 Å². The Morgan fingerprint density at radius 3 is 2.50 bits per heavy atom. The van der Waals surface area contributed by atoms with Gasteiger partial charge in [0.1, 0.15) is 5.75 Å². The van der Waals surface area contributed by atoms with E-state index in [0.29, 0.717) is 18.9 Å². The maximum absolute atomic E-state index is 11.0. The average molecular weight is 271 g/mol. The van der Waals surface area contributed by atoms with Crippen molar-refractivity contribution >= 4 is 10.0 Å². The van der Waals surface area contributed by atoms with Gasteiger partial charge in [-0.15, -0.1) is 0 Å². The Kier molecular flexibility index (Phi) is 5.16. The molecule has 0 aromatic heterocycles. The van der Waals surface area contributed by atoms with Gasteiger partial charge >= 0.3 is 0 Å².